The minimum absolute atomic E-state index is 0.388. The third kappa shape index (κ3) is 4.81. The maximum Gasteiger partial charge on any atom is 0.412 e. The number of ether oxygens (including phenoxy) is 1. The number of hydrogen-bond donors (Lipinski definition) is 1. The lowest BCUT2D eigenvalue weighted by molar-refractivity contribution is -0.144. The van der Waals surface area contributed by atoms with Crippen LogP contribution >= 0.6 is 0 Å². The Bertz CT molecular complexity index is 310. The number of esters is 1. The first kappa shape index (κ1) is 14.5. The third-order valence-electron chi connectivity index (χ3n) is 1.71. The van der Waals surface area contributed by atoms with E-state index in [4.69, 9.17) is 0 Å². The number of carbonyl (C=O) groups excluding carboxylic acids is 2. The molecular formula is C9H12F3NO3. The highest BCUT2D eigenvalue weighted by Crippen LogP contribution is 2.24. The maximum absolute atomic E-state index is 12.0. The second-order valence-electron chi connectivity index (χ2n) is 3.08. The van der Waals surface area contributed by atoms with Gasteiger partial charge in [0.25, 0.3) is 0 Å². The van der Waals surface area contributed by atoms with E-state index in [9.17, 15) is 22.8 Å². The van der Waals surface area contributed by atoms with E-state index in [0.717, 1.165) is 14.0 Å². The summed E-state index contributed by atoms with van der Waals surface area (Å²) in [4.78, 5) is 21.9. The van der Waals surface area contributed by atoms with Gasteiger partial charge in [-0.25, -0.2) is 4.79 Å². The molecular weight excluding hydrogens is 227 g/mol. The second-order valence-corrected chi connectivity index (χ2v) is 3.08. The average molecular weight is 239 g/mol. The minimum Gasteiger partial charge on any atom is -0.467 e. The van der Waals surface area contributed by atoms with Crippen molar-refractivity contribution in [3.8, 4) is 0 Å². The van der Waals surface area contributed by atoms with Crippen LogP contribution in [0, 0.1) is 0 Å². The zero-order chi connectivity index (χ0) is 12.9. The molecule has 0 aliphatic heterocycles. The van der Waals surface area contributed by atoms with Gasteiger partial charge in [-0.05, 0) is 13.8 Å². The number of rotatable bonds is 3. The fourth-order valence-electron chi connectivity index (χ4n) is 0.769. The van der Waals surface area contributed by atoms with Crippen molar-refractivity contribution < 1.29 is 27.5 Å². The van der Waals surface area contributed by atoms with Crippen molar-refractivity contribution in [2.45, 2.75) is 26.1 Å². The van der Waals surface area contributed by atoms with Crippen molar-refractivity contribution in [1.82, 2.24) is 5.32 Å². The highest BCUT2D eigenvalue weighted by molar-refractivity contribution is 5.91. The SMILES string of the molecule is COC(=O)C(C)NC(=O)/C=C(\C)C(F)(F)F. The zero-order valence-corrected chi connectivity index (χ0v) is 9.01. The first-order valence-corrected chi connectivity index (χ1v) is 4.32. The molecule has 0 aliphatic rings. The average Bonchev–Trinajstić information content (AvgIpc) is 2.14. The second kappa shape index (κ2) is 5.53. The number of methoxy groups -OCH3 is 1. The molecule has 0 heterocycles. The van der Waals surface area contributed by atoms with Crippen molar-refractivity contribution in [3.05, 3.63) is 11.6 Å². The van der Waals surface area contributed by atoms with Gasteiger partial charge in [-0.3, -0.25) is 4.79 Å². The van der Waals surface area contributed by atoms with Gasteiger partial charge in [0.15, 0.2) is 0 Å². The monoisotopic (exact) mass is 239 g/mol. The maximum atomic E-state index is 12.0. The van der Waals surface area contributed by atoms with Gasteiger partial charge in [0.1, 0.15) is 6.04 Å². The molecule has 0 aromatic heterocycles. The Morgan fingerprint density at radius 1 is 1.38 bits per heavy atom. The molecule has 0 rings (SSSR count). The first-order valence-electron chi connectivity index (χ1n) is 4.32. The van der Waals surface area contributed by atoms with Crippen LogP contribution in [0.2, 0.25) is 0 Å². The van der Waals surface area contributed by atoms with E-state index in [1.165, 1.54) is 6.92 Å². The van der Waals surface area contributed by atoms with Gasteiger partial charge in [0, 0.05) is 11.6 Å². The number of amides is 1. The largest absolute Gasteiger partial charge is 0.467 e. The van der Waals surface area contributed by atoms with E-state index in [0.29, 0.717) is 6.08 Å². The predicted molar refractivity (Wildman–Crippen MR) is 49.4 cm³/mol. The quantitative estimate of drug-likeness (QED) is 0.594. The van der Waals surface area contributed by atoms with Crippen LogP contribution in [-0.2, 0) is 14.3 Å². The molecule has 0 aliphatic carbocycles. The highest BCUT2D eigenvalue weighted by atomic mass is 19.4. The standard InChI is InChI=1S/C9H12F3NO3/c1-5(9(10,11)12)4-7(14)13-6(2)8(15)16-3/h4,6H,1-3H3,(H,13,14)/b5-4+. The number of nitrogens with one attached hydrogen (secondary N) is 1. The lowest BCUT2D eigenvalue weighted by Gasteiger charge is -2.11. The molecule has 0 aromatic rings. The Morgan fingerprint density at radius 2 is 1.88 bits per heavy atom. The van der Waals surface area contributed by atoms with Gasteiger partial charge in [-0.1, -0.05) is 0 Å². The molecule has 0 bridgehead atoms. The van der Waals surface area contributed by atoms with Crippen molar-refractivity contribution >= 4 is 11.9 Å². The van der Waals surface area contributed by atoms with Crippen LogP contribution in [0.3, 0.4) is 0 Å². The van der Waals surface area contributed by atoms with Crippen molar-refractivity contribution in [1.29, 1.82) is 0 Å². The van der Waals surface area contributed by atoms with E-state index < -0.39 is 29.7 Å². The lowest BCUT2D eigenvalue weighted by Crippen LogP contribution is -2.38. The van der Waals surface area contributed by atoms with Gasteiger partial charge in [0.2, 0.25) is 5.91 Å². The number of hydrogen-bond acceptors (Lipinski definition) is 3. The van der Waals surface area contributed by atoms with Gasteiger partial charge in [0.05, 0.1) is 7.11 Å². The summed E-state index contributed by atoms with van der Waals surface area (Å²) in [5.41, 5.74) is -1.04. The van der Waals surface area contributed by atoms with Crippen molar-refractivity contribution in [2.75, 3.05) is 7.11 Å². The predicted octanol–water partition coefficient (Wildman–Crippen LogP) is 1.17. The molecule has 1 N–H and O–H groups in total. The van der Waals surface area contributed by atoms with Gasteiger partial charge < -0.3 is 10.1 Å². The molecule has 7 heteroatoms. The summed E-state index contributed by atoms with van der Waals surface area (Å²) in [7, 11) is 1.11. The first-order chi connectivity index (χ1) is 7.18. The molecule has 1 unspecified atom stereocenters. The van der Waals surface area contributed by atoms with Gasteiger partial charge in [-0.15, -0.1) is 0 Å². The van der Waals surface area contributed by atoms with Crippen LogP contribution in [0.1, 0.15) is 13.8 Å². The smallest absolute Gasteiger partial charge is 0.412 e. The molecule has 0 spiro atoms. The van der Waals surface area contributed by atoms with Crippen molar-refractivity contribution in [2.24, 2.45) is 0 Å². The molecule has 1 amide bonds. The van der Waals surface area contributed by atoms with E-state index in [2.05, 4.69) is 4.74 Å². The highest BCUT2D eigenvalue weighted by Gasteiger charge is 2.30. The summed E-state index contributed by atoms with van der Waals surface area (Å²) in [6.07, 6.45) is -4.16. The van der Waals surface area contributed by atoms with Crippen LogP contribution in [0.25, 0.3) is 0 Å². The minimum atomic E-state index is -4.55. The molecule has 0 radical (unpaired) electrons. The molecule has 1 atom stereocenters. The number of alkyl halides is 3. The van der Waals surface area contributed by atoms with Gasteiger partial charge in [-0.2, -0.15) is 13.2 Å². The third-order valence-corrected chi connectivity index (χ3v) is 1.71. The van der Waals surface area contributed by atoms with E-state index >= 15 is 0 Å². The van der Waals surface area contributed by atoms with Crippen LogP contribution in [-0.4, -0.2) is 31.2 Å². The molecule has 4 nitrogen and oxygen atoms in total. The lowest BCUT2D eigenvalue weighted by atomic mass is 10.2. The molecule has 0 saturated heterocycles. The molecule has 0 aromatic carbocycles. The summed E-state index contributed by atoms with van der Waals surface area (Å²) >= 11 is 0. The zero-order valence-electron chi connectivity index (χ0n) is 9.01. The molecule has 16 heavy (non-hydrogen) atoms. The van der Waals surface area contributed by atoms with Crippen LogP contribution in [0.4, 0.5) is 13.2 Å². The topological polar surface area (TPSA) is 55.4 Å². The summed E-state index contributed by atoms with van der Waals surface area (Å²) in [5.74, 6) is -1.72. The Balaban J connectivity index is 4.45. The van der Waals surface area contributed by atoms with Crippen LogP contribution in [0.15, 0.2) is 11.6 Å². The van der Waals surface area contributed by atoms with E-state index in [1.54, 1.807) is 0 Å². The Morgan fingerprint density at radius 3 is 2.25 bits per heavy atom. The van der Waals surface area contributed by atoms with Crippen LogP contribution in [0.5, 0.6) is 0 Å². The molecule has 92 valence electrons. The Hall–Kier alpha value is -1.53. The molecule has 0 fully saturated rings. The molecule has 0 saturated carbocycles. The van der Waals surface area contributed by atoms with E-state index in [1.807, 2.05) is 5.32 Å². The Kier molecular flexibility index (Phi) is 5.00. The van der Waals surface area contributed by atoms with Crippen molar-refractivity contribution in [3.63, 3.8) is 0 Å². The summed E-state index contributed by atoms with van der Waals surface area (Å²) in [5, 5.41) is 2.04. The summed E-state index contributed by atoms with van der Waals surface area (Å²) < 4.78 is 40.4. The fourth-order valence-corrected chi connectivity index (χ4v) is 0.769. The van der Waals surface area contributed by atoms with Gasteiger partial charge >= 0.3 is 12.1 Å². The number of allylic oxidation sites excluding steroid dienone is 1. The van der Waals surface area contributed by atoms with E-state index in [-0.39, 0.29) is 0 Å². The number of carbonyl (C=O) groups is 2. The Labute approximate surface area is 90.5 Å². The summed E-state index contributed by atoms with van der Waals surface area (Å²) in [6.45, 7) is 2.07. The summed E-state index contributed by atoms with van der Waals surface area (Å²) in [6, 6.07) is -0.991. The fraction of sp³-hybridized carbons (Fsp3) is 0.556. The van der Waals surface area contributed by atoms with Crippen LogP contribution < -0.4 is 5.32 Å². The number of halogens is 3. The normalized spacial score (nSPS) is 14.2.